The van der Waals surface area contributed by atoms with Gasteiger partial charge in [0.1, 0.15) is 5.82 Å². The van der Waals surface area contributed by atoms with E-state index in [1.54, 1.807) is 0 Å². The lowest BCUT2D eigenvalue weighted by Crippen LogP contribution is -2.05. The zero-order valence-electron chi connectivity index (χ0n) is 11.1. The molecule has 9 heteroatoms. The SMILES string of the molecule is Fc1ccc(/C=N\Nc2c(Cl)cc(C(F)(F)F)cc2Cl)cc1Cl. The van der Waals surface area contributed by atoms with E-state index in [1.165, 1.54) is 18.3 Å². The summed E-state index contributed by atoms with van der Waals surface area (Å²) >= 11 is 17.2. The monoisotopic (exact) mass is 384 g/mol. The Morgan fingerprint density at radius 2 is 1.57 bits per heavy atom. The molecule has 0 aliphatic carbocycles. The number of hydrazone groups is 1. The topological polar surface area (TPSA) is 24.4 Å². The minimum absolute atomic E-state index is 0.0193. The average molecular weight is 386 g/mol. The highest BCUT2D eigenvalue weighted by Crippen LogP contribution is 2.38. The number of hydrogen-bond donors (Lipinski definition) is 1. The summed E-state index contributed by atoms with van der Waals surface area (Å²) in [5.41, 5.74) is 1.97. The predicted molar refractivity (Wildman–Crippen MR) is 84.1 cm³/mol. The van der Waals surface area contributed by atoms with Gasteiger partial charge in [-0.25, -0.2) is 4.39 Å². The van der Waals surface area contributed by atoms with Gasteiger partial charge in [-0.15, -0.1) is 0 Å². The van der Waals surface area contributed by atoms with Crippen LogP contribution in [0.2, 0.25) is 15.1 Å². The molecule has 0 aliphatic heterocycles. The van der Waals surface area contributed by atoms with Crippen LogP contribution < -0.4 is 5.43 Å². The van der Waals surface area contributed by atoms with Gasteiger partial charge in [-0.05, 0) is 29.8 Å². The van der Waals surface area contributed by atoms with Crippen molar-refractivity contribution in [1.29, 1.82) is 0 Å². The average Bonchev–Trinajstić information content (AvgIpc) is 2.44. The van der Waals surface area contributed by atoms with E-state index in [2.05, 4.69) is 10.5 Å². The zero-order valence-corrected chi connectivity index (χ0v) is 13.3. The van der Waals surface area contributed by atoms with E-state index in [0.29, 0.717) is 5.56 Å². The van der Waals surface area contributed by atoms with Crippen LogP contribution in [0.1, 0.15) is 11.1 Å². The van der Waals surface area contributed by atoms with Gasteiger partial charge < -0.3 is 0 Å². The van der Waals surface area contributed by atoms with Crippen LogP contribution in [-0.4, -0.2) is 6.21 Å². The molecule has 2 aromatic carbocycles. The maximum Gasteiger partial charge on any atom is 0.416 e. The first-order valence-corrected chi connectivity index (χ1v) is 7.12. The highest BCUT2D eigenvalue weighted by atomic mass is 35.5. The summed E-state index contributed by atoms with van der Waals surface area (Å²) in [6.07, 6.45) is -3.27. The fourth-order valence-electron chi connectivity index (χ4n) is 1.61. The van der Waals surface area contributed by atoms with Crippen molar-refractivity contribution < 1.29 is 17.6 Å². The van der Waals surface area contributed by atoms with E-state index in [4.69, 9.17) is 34.8 Å². The molecular weight excluding hydrogens is 379 g/mol. The van der Waals surface area contributed by atoms with Crippen LogP contribution in [0.15, 0.2) is 35.4 Å². The Morgan fingerprint density at radius 3 is 2.09 bits per heavy atom. The van der Waals surface area contributed by atoms with Gasteiger partial charge >= 0.3 is 6.18 Å². The molecule has 0 aliphatic rings. The molecule has 0 unspecified atom stereocenters. The molecule has 0 fully saturated rings. The Bertz CT molecular complexity index is 737. The van der Waals surface area contributed by atoms with Crippen molar-refractivity contribution >= 4 is 46.7 Å². The number of benzene rings is 2. The standard InChI is InChI=1S/C14H7Cl3F4N2/c15-9-3-7(1-2-12(9)18)6-22-23-13-10(16)4-8(5-11(13)17)14(19,20)21/h1-6,23H/b22-6-. The van der Waals surface area contributed by atoms with E-state index in [9.17, 15) is 17.6 Å². The van der Waals surface area contributed by atoms with E-state index in [0.717, 1.165) is 18.2 Å². The predicted octanol–water partition coefficient (Wildman–Crippen LogP) is 6.25. The number of alkyl halides is 3. The molecule has 2 rings (SSSR count). The second-order valence-corrected chi connectivity index (χ2v) is 5.58. The summed E-state index contributed by atoms with van der Waals surface area (Å²) in [7, 11) is 0. The smallest absolute Gasteiger partial charge is 0.275 e. The van der Waals surface area contributed by atoms with Crippen molar-refractivity contribution in [3.05, 3.63) is 62.3 Å². The largest absolute Gasteiger partial charge is 0.416 e. The molecule has 2 aromatic rings. The van der Waals surface area contributed by atoms with Crippen LogP contribution in [0.3, 0.4) is 0 Å². The van der Waals surface area contributed by atoms with Gasteiger partial charge in [-0.3, -0.25) is 5.43 Å². The summed E-state index contributed by atoms with van der Waals surface area (Å²) in [4.78, 5) is 0. The van der Waals surface area contributed by atoms with Crippen molar-refractivity contribution in [1.82, 2.24) is 0 Å². The molecule has 0 amide bonds. The summed E-state index contributed by atoms with van der Waals surface area (Å²) in [6.45, 7) is 0. The fourth-order valence-corrected chi connectivity index (χ4v) is 2.37. The second kappa shape index (κ2) is 6.95. The minimum atomic E-state index is -4.56. The summed E-state index contributed by atoms with van der Waals surface area (Å²) in [5.74, 6) is -0.578. The molecule has 122 valence electrons. The third-order valence-corrected chi connectivity index (χ3v) is 3.59. The maximum atomic E-state index is 13.0. The van der Waals surface area contributed by atoms with Gasteiger partial charge in [-0.1, -0.05) is 40.9 Å². The number of nitrogens with one attached hydrogen (secondary N) is 1. The van der Waals surface area contributed by atoms with E-state index < -0.39 is 17.6 Å². The molecule has 0 saturated heterocycles. The van der Waals surface area contributed by atoms with Crippen molar-refractivity contribution in [3.63, 3.8) is 0 Å². The lowest BCUT2D eigenvalue weighted by atomic mass is 10.2. The number of nitrogens with zero attached hydrogens (tertiary/aromatic N) is 1. The van der Waals surface area contributed by atoms with Crippen molar-refractivity contribution in [3.8, 4) is 0 Å². The Balaban J connectivity index is 2.20. The van der Waals surface area contributed by atoms with Crippen molar-refractivity contribution in [2.75, 3.05) is 5.43 Å². The molecule has 1 N–H and O–H groups in total. The Kier molecular flexibility index (Phi) is 5.39. The van der Waals surface area contributed by atoms with E-state index in [-0.39, 0.29) is 20.8 Å². The van der Waals surface area contributed by atoms with Gasteiger partial charge in [0.15, 0.2) is 0 Å². The maximum absolute atomic E-state index is 13.0. The highest BCUT2D eigenvalue weighted by Gasteiger charge is 2.32. The summed E-state index contributed by atoms with van der Waals surface area (Å²) in [5, 5.41) is 3.23. The van der Waals surface area contributed by atoms with E-state index >= 15 is 0 Å². The molecule has 0 aromatic heterocycles. The first kappa shape index (κ1) is 17.8. The van der Waals surface area contributed by atoms with Gasteiger partial charge in [0.25, 0.3) is 0 Å². The molecular formula is C14H7Cl3F4N2. The van der Waals surface area contributed by atoms with Gasteiger partial charge in [-0.2, -0.15) is 18.3 Å². The summed E-state index contributed by atoms with van der Waals surface area (Å²) in [6, 6.07) is 5.38. The van der Waals surface area contributed by atoms with Crippen molar-refractivity contribution in [2.24, 2.45) is 5.10 Å². The number of halogens is 7. The lowest BCUT2D eigenvalue weighted by Gasteiger charge is -2.11. The Morgan fingerprint density at radius 1 is 0.957 bits per heavy atom. The molecule has 0 heterocycles. The molecule has 0 spiro atoms. The van der Waals surface area contributed by atoms with Crippen LogP contribution in [-0.2, 0) is 6.18 Å². The quantitative estimate of drug-likeness (QED) is 0.377. The van der Waals surface area contributed by atoms with Crippen LogP contribution in [0.5, 0.6) is 0 Å². The van der Waals surface area contributed by atoms with Crippen LogP contribution in [0.4, 0.5) is 23.2 Å². The Labute approximate surface area is 143 Å². The molecule has 0 radical (unpaired) electrons. The number of hydrogen-bond acceptors (Lipinski definition) is 2. The van der Waals surface area contributed by atoms with Crippen LogP contribution in [0, 0.1) is 5.82 Å². The van der Waals surface area contributed by atoms with Crippen molar-refractivity contribution in [2.45, 2.75) is 6.18 Å². The Hall–Kier alpha value is -1.50. The lowest BCUT2D eigenvalue weighted by molar-refractivity contribution is -0.137. The molecule has 0 atom stereocenters. The van der Waals surface area contributed by atoms with Gasteiger partial charge in [0, 0.05) is 0 Å². The molecule has 0 saturated carbocycles. The molecule has 2 nitrogen and oxygen atoms in total. The van der Waals surface area contributed by atoms with E-state index in [1.807, 2.05) is 0 Å². The first-order valence-electron chi connectivity index (χ1n) is 5.99. The first-order chi connectivity index (χ1) is 10.7. The second-order valence-electron chi connectivity index (χ2n) is 4.36. The normalized spacial score (nSPS) is 12.0. The molecule has 0 bridgehead atoms. The van der Waals surface area contributed by atoms with Crippen LogP contribution >= 0.6 is 34.8 Å². The van der Waals surface area contributed by atoms with Crippen LogP contribution in [0.25, 0.3) is 0 Å². The zero-order chi connectivity index (χ0) is 17.2. The minimum Gasteiger partial charge on any atom is -0.275 e. The van der Waals surface area contributed by atoms with Gasteiger partial charge in [0.2, 0.25) is 0 Å². The number of rotatable bonds is 3. The fraction of sp³-hybridized carbons (Fsp3) is 0.0714. The third-order valence-electron chi connectivity index (χ3n) is 2.70. The highest BCUT2D eigenvalue weighted by molar-refractivity contribution is 6.39. The third kappa shape index (κ3) is 4.50. The van der Waals surface area contributed by atoms with Gasteiger partial charge in [0.05, 0.1) is 32.5 Å². The molecule has 23 heavy (non-hydrogen) atoms. The summed E-state index contributed by atoms with van der Waals surface area (Å²) < 4.78 is 50.8. The number of anilines is 1.